The number of likely N-dealkylation sites (N-methyl/N-ethyl adjacent to an activating group) is 1. The van der Waals surface area contributed by atoms with Crippen LogP contribution in [0.25, 0.3) is 22.0 Å². The van der Waals surface area contributed by atoms with Crippen LogP contribution in [0.4, 0.5) is 10.7 Å². The number of benzene rings is 2. The minimum atomic E-state index is -0.541. The fourth-order valence-electron chi connectivity index (χ4n) is 5.16. The number of hydrogen-bond acceptors (Lipinski definition) is 8. The molecule has 1 aliphatic rings. The number of carbonyl (C=O) groups excluding carboxylic acids is 1. The number of carbonyl (C=O) groups is 1. The van der Waals surface area contributed by atoms with E-state index in [4.69, 9.17) is 19.2 Å². The van der Waals surface area contributed by atoms with Gasteiger partial charge in [0.2, 0.25) is 5.95 Å². The van der Waals surface area contributed by atoms with E-state index < -0.39 is 5.60 Å². The molecule has 0 radical (unpaired) electrons. The lowest BCUT2D eigenvalue weighted by Crippen LogP contribution is -2.43. The highest BCUT2D eigenvalue weighted by Gasteiger charge is 2.37. The second-order valence-corrected chi connectivity index (χ2v) is 10.8. The van der Waals surface area contributed by atoms with Gasteiger partial charge in [-0.25, -0.2) is 14.8 Å². The predicted molar refractivity (Wildman–Crippen MR) is 150 cm³/mol. The van der Waals surface area contributed by atoms with Crippen LogP contribution in [-0.4, -0.2) is 73.0 Å². The van der Waals surface area contributed by atoms with Gasteiger partial charge in [-0.05, 0) is 82.5 Å². The molecule has 0 saturated carbocycles. The zero-order valence-electron chi connectivity index (χ0n) is 23.6. The number of aromatic nitrogens is 2. The van der Waals surface area contributed by atoms with E-state index >= 15 is 0 Å². The van der Waals surface area contributed by atoms with E-state index in [1.54, 1.807) is 19.1 Å². The maximum atomic E-state index is 12.8. The van der Waals surface area contributed by atoms with Crippen molar-refractivity contribution in [1.29, 1.82) is 0 Å². The molecule has 1 fully saturated rings. The van der Waals surface area contributed by atoms with Crippen molar-refractivity contribution in [3.05, 3.63) is 41.6 Å². The minimum absolute atomic E-state index is 0.0205. The Morgan fingerprint density at radius 3 is 2.39 bits per heavy atom. The van der Waals surface area contributed by atoms with Crippen LogP contribution in [0.15, 0.2) is 30.5 Å². The van der Waals surface area contributed by atoms with Crippen LogP contribution in [0.5, 0.6) is 11.5 Å². The summed E-state index contributed by atoms with van der Waals surface area (Å²) in [5, 5.41) is 7.55. The Morgan fingerprint density at radius 2 is 1.79 bits per heavy atom. The lowest BCUT2D eigenvalue weighted by Gasteiger charge is -2.28. The highest BCUT2D eigenvalue weighted by Crippen LogP contribution is 2.39. The normalized spacial score (nSPS) is 17.5. The van der Waals surface area contributed by atoms with Crippen molar-refractivity contribution in [3.8, 4) is 22.6 Å². The molecule has 0 spiro atoms. The molecule has 1 aliphatic heterocycles. The van der Waals surface area contributed by atoms with Crippen LogP contribution in [0, 0.1) is 13.8 Å². The van der Waals surface area contributed by atoms with Crippen molar-refractivity contribution in [1.82, 2.24) is 20.2 Å². The van der Waals surface area contributed by atoms with Gasteiger partial charge in [0.25, 0.3) is 0 Å². The van der Waals surface area contributed by atoms with Crippen LogP contribution >= 0.6 is 0 Å². The van der Waals surface area contributed by atoms with Crippen molar-refractivity contribution in [2.75, 3.05) is 39.7 Å². The number of anilines is 1. The smallest absolute Gasteiger partial charge is 0.410 e. The first kappa shape index (κ1) is 27.4. The molecule has 9 heteroatoms. The summed E-state index contributed by atoms with van der Waals surface area (Å²) in [5.41, 5.74) is 4.53. The van der Waals surface area contributed by atoms with Crippen LogP contribution < -0.4 is 20.1 Å². The van der Waals surface area contributed by atoms with Crippen LogP contribution in [-0.2, 0) is 4.74 Å². The van der Waals surface area contributed by atoms with Crippen LogP contribution in [0.1, 0.15) is 38.3 Å². The zero-order valence-corrected chi connectivity index (χ0v) is 23.6. The molecule has 0 bridgehead atoms. The predicted octanol–water partition coefficient (Wildman–Crippen LogP) is 4.94. The highest BCUT2D eigenvalue weighted by atomic mass is 16.6. The lowest BCUT2D eigenvalue weighted by atomic mass is 9.93. The van der Waals surface area contributed by atoms with Crippen molar-refractivity contribution >= 4 is 22.9 Å². The molecule has 2 unspecified atom stereocenters. The fraction of sp³-hybridized carbons (Fsp3) is 0.483. The van der Waals surface area contributed by atoms with Crippen molar-refractivity contribution < 1.29 is 19.0 Å². The number of fused-ring (bicyclic) bond motifs is 1. The third kappa shape index (κ3) is 5.78. The summed E-state index contributed by atoms with van der Waals surface area (Å²) in [4.78, 5) is 23.9. The Bertz CT molecular complexity index is 1290. The molecule has 1 aromatic heterocycles. The first-order valence-corrected chi connectivity index (χ1v) is 12.9. The molecule has 38 heavy (non-hydrogen) atoms. The standard InChI is InChI=1S/C29H39N5O4/c1-17-24(36-7)13-25(37-8)18(2)26(17)19-9-10-23-20(11-19)14-31-27(33-23)32-21-12-22(15-30-6)34(16-21)28(35)38-29(3,4)5/h9-11,13-14,21-22,30H,12,15-16H2,1-8H3,(H,31,32,33). The third-order valence-electron chi connectivity index (χ3n) is 6.88. The highest BCUT2D eigenvalue weighted by molar-refractivity contribution is 5.87. The minimum Gasteiger partial charge on any atom is -0.496 e. The molecule has 2 atom stereocenters. The molecule has 1 saturated heterocycles. The fourth-order valence-corrected chi connectivity index (χ4v) is 5.16. The van der Waals surface area contributed by atoms with Gasteiger partial charge in [-0.2, -0.15) is 0 Å². The summed E-state index contributed by atoms with van der Waals surface area (Å²) < 4.78 is 16.8. The van der Waals surface area contributed by atoms with Gasteiger partial charge in [-0.1, -0.05) is 6.07 Å². The van der Waals surface area contributed by atoms with Crippen molar-refractivity contribution in [2.24, 2.45) is 0 Å². The number of nitrogens with one attached hydrogen (secondary N) is 2. The molecule has 4 rings (SSSR count). The molecular formula is C29H39N5O4. The quantitative estimate of drug-likeness (QED) is 0.451. The largest absolute Gasteiger partial charge is 0.496 e. The summed E-state index contributed by atoms with van der Waals surface area (Å²) in [5.74, 6) is 2.11. The maximum absolute atomic E-state index is 12.8. The molecule has 2 heterocycles. The Morgan fingerprint density at radius 1 is 1.11 bits per heavy atom. The molecule has 2 aromatic carbocycles. The molecular weight excluding hydrogens is 482 g/mol. The topological polar surface area (TPSA) is 97.8 Å². The van der Waals surface area contributed by atoms with E-state index in [0.717, 1.165) is 51.1 Å². The van der Waals surface area contributed by atoms with Gasteiger partial charge in [-0.15, -0.1) is 0 Å². The van der Waals surface area contributed by atoms with Gasteiger partial charge < -0.3 is 29.7 Å². The van der Waals surface area contributed by atoms with Gasteiger partial charge in [0, 0.05) is 42.8 Å². The van der Waals surface area contributed by atoms with E-state index in [2.05, 4.69) is 41.6 Å². The molecule has 2 N–H and O–H groups in total. The maximum Gasteiger partial charge on any atom is 0.410 e. The van der Waals surface area contributed by atoms with Gasteiger partial charge >= 0.3 is 6.09 Å². The second-order valence-electron chi connectivity index (χ2n) is 10.8. The van der Waals surface area contributed by atoms with Gasteiger partial charge in [0.05, 0.1) is 19.7 Å². The molecule has 1 amide bonds. The third-order valence-corrected chi connectivity index (χ3v) is 6.88. The number of likely N-dealkylation sites (tertiary alicyclic amines) is 1. The monoisotopic (exact) mass is 521 g/mol. The second kappa shape index (κ2) is 11.0. The Labute approximate surface area is 224 Å². The average Bonchev–Trinajstić information content (AvgIpc) is 3.26. The summed E-state index contributed by atoms with van der Waals surface area (Å²) in [6, 6.07) is 8.14. The molecule has 204 valence electrons. The number of rotatable bonds is 7. The zero-order chi connectivity index (χ0) is 27.6. The lowest BCUT2D eigenvalue weighted by molar-refractivity contribution is 0.0227. The van der Waals surface area contributed by atoms with E-state index in [1.165, 1.54) is 0 Å². The Kier molecular flexibility index (Phi) is 7.97. The first-order chi connectivity index (χ1) is 18.0. The van der Waals surface area contributed by atoms with E-state index in [0.29, 0.717) is 19.0 Å². The first-order valence-electron chi connectivity index (χ1n) is 12.9. The Balaban J connectivity index is 1.56. The molecule has 3 aromatic rings. The number of hydrogen-bond donors (Lipinski definition) is 2. The van der Waals surface area contributed by atoms with Crippen molar-refractivity contribution in [3.63, 3.8) is 0 Å². The van der Waals surface area contributed by atoms with Crippen LogP contribution in [0.3, 0.4) is 0 Å². The van der Waals surface area contributed by atoms with Gasteiger partial charge in [-0.3, -0.25) is 0 Å². The van der Waals surface area contributed by atoms with Gasteiger partial charge in [0.15, 0.2) is 0 Å². The summed E-state index contributed by atoms with van der Waals surface area (Å²) in [7, 11) is 5.22. The Hall–Kier alpha value is -3.59. The number of ether oxygens (including phenoxy) is 3. The number of nitrogens with zero attached hydrogens (tertiary/aromatic N) is 3. The van der Waals surface area contributed by atoms with Crippen molar-refractivity contribution in [2.45, 2.75) is 58.7 Å². The molecule has 9 nitrogen and oxygen atoms in total. The van der Waals surface area contributed by atoms with Crippen LogP contribution in [0.2, 0.25) is 0 Å². The summed E-state index contributed by atoms with van der Waals surface area (Å²) in [6.45, 7) is 11.0. The number of amides is 1. The average molecular weight is 522 g/mol. The summed E-state index contributed by atoms with van der Waals surface area (Å²) >= 11 is 0. The number of methoxy groups -OCH3 is 2. The SMILES string of the molecule is CNCC1CC(Nc2ncc3cc(-c4c(C)c(OC)cc(OC)c4C)ccc3n2)CN1C(=O)OC(C)(C)C. The van der Waals surface area contributed by atoms with E-state index in [-0.39, 0.29) is 18.2 Å². The summed E-state index contributed by atoms with van der Waals surface area (Å²) in [6.07, 6.45) is 2.31. The van der Waals surface area contributed by atoms with E-state index in [9.17, 15) is 4.79 Å². The van der Waals surface area contributed by atoms with Gasteiger partial charge in [0.1, 0.15) is 17.1 Å². The molecule has 0 aliphatic carbocycles. The van der Waals surface area contributed by atoms with E-state index in [1.807, 2.05) is 46.1 Å².